The summed E-state index contributed by atoms with van der Waals surface area (Å²) in [6.07, 6.45) is 1.38. The second kappa shape index (κ2) is 11.6. The Labute approximate surface area is 187 Å². The van der Waals surface area contributed by atoms with Crippen molar-refractivity contribution in [1.82, 2.24) is 0 Å². The number of carbonyl (C=O) groups excluding carboxylic acids is 1. The SMILES string of the molecule is CCN(CC)c1ccc(N/C=C(/C#N)C(=O)Nc2cccc(Cl)c2Cl)c(C)c1.[Cl-]. The van der Waals surface area contributed by atoms with E-state index >= 15 is 0 Å². The fraction of sp³-hybridized carbons (Fsp3) is 0.238. The molecule has 29 heavy (non-hydrogen) atoms. The molecule has 0 spiro atoms. The minimum atomic E-state index is -0.573. The number of rotatable bonds is 7. The van der Waals surface area contributed by atoms with Gasteiger partial charge < -0.3 is 27.9 Å². The van der Waals surface area contributed by atoms with Gasteiger partial charge in [0, 0.05) is 30.7 Å². The molecule has 0 saturated heterocycles. The molecule has 2 N–H and O–H groups in total. The smallest absolute Gasteiger partial charge is 0.267 e. The lowest BCUT2D eigenvalue weighted by atomic mass is 10.1. The number of nitrogens with zero attached hydrogens (tertiary/aromatic N) is 2. The van der Waals surface area contributed by atoms with E-state index in [1.807, 2.05) is 25.1 Å². The molecule has 0 atom stereocenters. The van der Waals surface area contributed by atoms with Crippen molar-refractivity contribution in [3.63, 3.8) is 0 Å². The van der Waals surface area contributed by atoms with Crippen molar-refractivity contribution in [2.24, 2.45) is 0 Å². The van der Waals surface area contributed by atoms with E-state index < -0.39 is 5.91 Å². The average molecular weight is 453 g/mol. The molecule has 2 aromatic carbocycles. The molecule has 0 aliphatic heterocycles. The normalized spacial score (nSPS) is 10.6. The highest BCUT2D eigenvalue weighted by atomic mass is 35.5. The summed E-state index contributed by atoms with van der Waals surface area (Å²) in [6, 6.07) is 12.8. The first-order valence-corrected chi connectivity index (χ1v) is 9.64. The van der Waals surface area contributed by atoms with Crippen molar-refractivity contribution in [3.05, 3.63) is 63.8 Å². The summed E-state index contributed by atoms with van der Waals surface area (Å²) in [5.41, 5.74) is 3.22. The Hall–Kier alpha value is -2.39. The summed E-state index contributed by atoms with van der Waals surface area (Å²) in [5.74, 6) is -0.573. The van der Waals surface area contributed by atoms with E-state index in [1.165, 1.54) is 6.20 Å². The third kappa shape index (κ3) is 6.30. The van der Waals surface area contributed by atoms with Crippen LogP contribution in [-0.4, -0.2) is 19.0 Å². The second-order valence-corrected chi connectivity index (χ2v) is 6.83. The monoisotopic (exact) mass is 451 g/mol. The summed E-state index contributed by atoms with van der Waals surface area (Å²) in [6.45, 7) is 8.04. The van der Waals surface area contributed by atoms with Crippen LogP contribution in [0.3, 0.4) is 0 Å². The van der Waals surface area contributed by atoms with Gasteiger partial charge in [-0.15, -0.1) is 0 Å². The van der Waals surface area contributed by atoms with Gasteiger partial charge in [-0.25, -0.2) is 0 Å². The maximum absolute atomic E-state index is 12.4. The molecule has 2 aromatic rings. The average Bonchev–Trinajstić information content (AvgIpc) is 2.68. The zero-order chi connectivity index (χ0) is 20.7. The van der Waals surface area contributed by atoms with Gasteiger partial charge in [0.05, 0.1) is 15.7 Å². The highest BCUT2D eigenvalue weighted by molar-refractivity contribution is 6.44. The van der Waals surface area contributed by atoms with Crippen LogP contribution in [-0.2, 0) is 4.79 Å². The molecule has 2 rings (SSSR count). The maximum atomic E-state index is 12.4. The molecule has 0 heterocycles. The van der Waals surface area contributed by atoms with E-state index in [9.17, 15) is 10.1 Å². The minimum Gasteiger partial charge on any atom is -1.00 e. The molecular weight excluding hydrogens is 431 g/mol. The molecule has 0 unspecified atom stereocenters. The molecular formula is C21H22Cl3N4O-. The van der Waals surface area contributed by atoms with Crippen LogP contribution in [0.25, 0.3) is 0 Å². The molecule has 0 aliphatic rings. The Bertz CT molecular complexity index is 934. The number of amides is 1. The predicted octanol–water partition coefficient (Wildman–Crippen LogP) is 2.61. The Balaban J connectivity index is 0.00000420. The third-order valence-corrected chi connectivity index (χ3v) is 5.09. The molecule has 5 nitrogen and oxygen atoms in total. The number of nitrogens with one attached hydrogen (secondary N) is 2. The predicted molar refractivity (Wildman–Crippen MR) is 117 cm³/mol. The molecule has 0 aromatic heterocycles. The number of hydrogen-bond donors (Lipinski definition) is 2. The van der Waals surface area contributed by atoms with E-state index in [4.69, 9.17) is 23.2 Å². The van der Waals surface area contributed by atoms with Crippen LogP contribution in [0.15, 0.2) is 48.2 Å². The van der Waals surface area contributed by atoms with Crippen molar-refractivity contribution in [2.45, 2.75) is 20.8 Å². The molecule has 0 bridgehead atoms. The van der Waals surface area contributed by atoms with Gasteiger partial charge in [-0.2, -0.15) is 5.26 Å². The van der Waals surface area contributed by atoms with Crippen LogP contribution < -0.4 is 27.9 Å². The number of halogens is 3. The quantitative estimate of drug-likeness (QED) is 0.500. The Morgan fingerprint density at radius 3 is 2.45 bits per heavy atom. The first kappa shape index (κ1) is 24.6. The molecule has 1 amide bonds. The number of benzene rings is 2. The van der Waals surface area contributed by atoms with Crippen LogP contribution in [0.2, 0.25) is 10.0 Å². The summed E-state index contributed by atoms with van der Waals surface area (Å²) >= 11 is 12.0. The number of hydrogen-bond acceptors (Lipinski definition) is 4. The van der Waals surface area contributed by atoms with E-state index in [1.54, 1.807) is 18.2 Å². The van der Waals surface area contributed by atoms with Crippen molar-refractivity contribution >= 4 is 46.2 Å². The van der Waals surface area contributed by atoms with Crippen molar-refractivity contribution in [1.29, 1.82) is 5.26 Å². The lowest BCUT2D eigenvalue weighted by Crippen LogP contribution is -3.00. The first-order chi connectivity index (χ1) is 13.4. The van der Waals surface area contributed by atoms with E-state index in [2.05, 4.69) is 35.4 Å². The molecule has 0 fully saturated rings. The van der Waals surface area contributed by atoms with E-state index in [0.717, 1.165) is 30.0 Å². The topological polar surface area (TPSA) is 68.2 Å². The van der Waals surface area contributed by atoms with Gasteiger partial charge in [0.1, 0.15) is 11.6 Å². The maximum Gasteiger partial charge on any atom is 0.267 e. The summed E-state index contributed by atoms with van der Waals surface area (Å²) in [5, 5.41) is 15.5. The van der Waals surface area contributed by atoms with Crippen LogP contribution in [0.5, 0.6) is 0 Å². The molecule has 0 aliphatic carbocycles. The molecule has 154 valence electrons. The van der Waals surface area contributed by atoms with Crippen LogP contribution in [0.1, 0.15) is 19.4 Å². The standard InChI is InChI=1S/C21H22Cl2N4O.ClH/c1-4-27(5-2)16-9-10-18(14(3)11-16)25-13-15(12-24)21(28)26-19-8-6-7-17(22)20(19)23;/h6-11,13,25H,4-5H2,1-3H3,(H,26,28);1H/p-1/b15-13-;. The first-order valence-electron chi connectivity index (χ1n) is 8.89. The highest BCUT2D eigenvalue weighted by Gasteiger charge is 2.13. The van der Waals surface area contributed by atoms with Crippen molar-refractivity contribution in [3.8, 4) is 6.07 Å². The van der Waals surface area contributed by atoms with Crippen LogP contribution in [0.4, 0.5) is 17.1 Å². The van der Waals surface area contributed by atoms with Crippen molar-refractivity contribution in [2.75, 3.05) is 28.6 Å². The number of nitriles is 1. The van der Waals surface area contributed by atoms with Crippen LogP contribution in [0, 0.1) is 18.3 Å². The van der Waals surface area contributed by atoms with Crippen molar-refractivity contribution < 1.29 is 17.2 Å². The molecule has 0 saturated carbocycles. The lowest BCUT2D eigenvalue weighted by molar-refractivity contribution is -0.112. The second-order valence-electron chi connectivity index (χ2n) is 6.04. The Kier molecular flexibility index (Phi) is 9.84. The molecule has 0 radical (unpaired) electrons. The van der Waals surface area contributed by atoms with Gasteiger partial charge in [0.15, 0.2) is 0 Å². The van der Waals surface area contributed by atoms with Gasteiger partial charge in [-0.1, -0.05) is 29.3 Å². The largest absolute Gasteiger partial charge is 1.00 e. The lowest BCUT2D eigenvalue weighted by Gasteiger charge is -2.22. The third-order valence-electron chi connectivity index (χ3n) is 4.28. The van der Waals surface area contributed by atoms with Gasteiger partial charge in [-0.05, 0) is 56.7 Å². The zero-order valence-corrected chi connectivity index (χ0v) is 18.7. The number of carbonyl (C=O) groups is 1. The van der Waals surface area contributed by atoms with Crippen LogP contribution >= 0.6 is 23.2 Å². The fourth-order valence-corrected chi connectivity index (χ4v) is 3.03. The van der Waals surface area contributed by atoms with Gasteiger partial charge in [0.2, 0.25) is 0 Å². The summed E-state index contributed by atoms with van der Waals surface area (Å²) in [7, 11) is 0. The minimum absolute atomic E-state index is 0. The van der Waals surface area contributed by atoms with Gasteiger partial charge in [0.25, 0.3) is 5.91 Å². The van der Waals surface area contributed by atoms with E-state index in [-0.39, 0.29) is 23.0 Å². The molecule has 8 heteroatoms. The fourth-order valence-electron chi connectivity index (χ4n) is 2.68. The zero-order valence-electron chi connectivity index (χ0n) is 16.4. The Morgan fingerprint density at radius 1 is 1.17 bits per heavy atom. The summed E-state index contributed by atoms with van der Waals surface area (Å²) in [4.78, 5) is 14.6. The Morgan fingerprint density at radius 2 is 1.86 bits per heavy atom. The van der Waals surface area contributed by atoms with E-state index in [0.29, 0.717) is 10.7 Å². The number of anilines is 3. The van der Waals surface area contributed by atoms with Gasteiger partial charge in [-0.3, -0.25) is 4.79 Å². The van der Waals surface area contributed by atoms with Gasteiger partial charge >= 0.3 is 0 Å². The number of aryl methyl sites for hydroxylation is 1. The highest BCUT2D eigenvalue weighted by Crippen LogP contribution is 2.29. The summed E-state index contributed by atoms with van der Waals surface area (Å²) < 4.78 is 0.